The van der Waals surface area contributed by atoms with E-state index in [-0.39, 0.29) is 11.7 Å². The third-order valence-corrected chi connectivity index (χ3v) is 3.67. The number of halogens is 1. The van der Waals surface area contributed by atoms with Crippen LogP contribution in [0.4, 0.5) is 10.1 Å². The van der Waals surface area contributed by atoms with Gasteiger partial charge in [-0.05, 0) is 60.3 Å². The Balaban J connectivity index is 1.88. The summed E-state index contributed by atoms with van der Waals surface area (Å²) in [5, 5.41) is 3.19. The molecule has 0 radical (unpaired) electrons. The number of rotatable bonds is 3. The molecular formula is C17H13FN2O2S. The van der Waals surface area contributed by atoms with Crippen molar-refractivity contribution in [3.63, 3.8) is 0 Å². The molecule has 0 spiro atoms. The van der Waals surface area contributed by atoms with Crippen molar-refractivity contribution in [1.29, 1.82) is 0 Å². The van der Waals surface area contributed by atoms with Gasteiger partial charge in [0.25, 0.3) is 5.91 Å². The van der Waals surface area contributed by atoms with Gasteiger partial charge in [0.15, 0.2) is 5.11 Å². The Kier molecular flexibility index (Phi) is 4.08. The molecule has 1 heterocycles. The Labute approximate surface area is 138 Å². The number of hydrogen-bond acceptors (Lipinski definition) is 3. The van der Waals surface area contributed by atoms with E-state index in [0.717, 1.165) is 0 Å². The van der Waals surface area contributed by atoms with Crippen molar-refractivity contribution < 1.29 is 13.9 Å². The van der Waals surface area contributed by atoms with Gasteiger partial charge in [0.2, 0.25) is 0 Å². The lowest BCUT2D eigenvalue weighted by Crippen LogP contribution is -2.30. The number of methoxy groups -OCH3 is 1. The zero-order valence-corrected chi connectivity index (χ0v) is 13.1. The lowest BCUT2D eigenvalue weighted by Gasteiger charge is -2.14. The Hall–Kier alpha value is -2.73. The molecule has 0 bridgehead atoms. The van der Waals surface area contributed by atoms with Gasteiger partial charge in [0, 0.05) is 0 Å². The van der Waals surface area contributed by atoms with E-state index in [1.807, 2.05) is 0 Å². The molecule has 2 aromatic carbocycles. The fourth-order valence-corrected chi connectivity index (χ4v) is 2.52. The number of hydrogen-bond donors (Lipinski definition) is 1. The highest BCUT2D eigenvalue weighted by molar-refractivity contribution is 7.80. The summed E-state index contributed by atoms with van der Waals surface area (Å²) in [6.07, 6.45) is 1.64. The van der Waals surface area contributed by atoms with Crippen LogP contribution in [-0.2, 0) is 4.79 Å². The number of nitrogens with zero attached hydrogens (tertiary/aromatic N) is 1. The molecule has 1 saturated heterocycles. The maximum atomic E-state index is 12.9. The van der Waals surface area contributed by atoms with Crippen molar-refractivity contribution in [1.82, 2.24) is 5.32 Å². The molecule has 0 aromatic heterocycles. The summed E-state index contributed by atoms with van der Waals surface area (Å²) in [5.41, 5.74) is 1.70. The van der Waals surface area contributed by atoms with Crippen LogP contribution in [0.25, 0.3) is 6.08 Å². The van der Waals surface area contributed by atoms with Gasteiger partial charge in [-0.25, -0.2) is 4.39 Å². The van der Waals surface area contributed by atoms with Gasteiger partial charge in [-0.15, -0.1) is 0 Å². The number of benzene rings is 2. The van der Waals surface area contributed by atoms with Gasteiger partial charge < -0.3 is 10.1 Å². The number of anilines is 1. The first-order chi connectivity index (χ1) is 11.1. The van der Waals surface area contributed by atoms with E-state index in [2.05, 4.69) is 5.32 Å². The highest BCUT2D eigenvalue weighted by atomic mass is 32.1. The van der Waals surface area contributed by atoms with Gasteiger partial charge >= 0.3 is 0 Å². The molecule has 0 saturated carbocycles. The molecule has 6 heteroatoms. The first-order valence-corrected chi connectivity index (χ1v) is 7.26. The highest BCUT2D eigenvalue weighted by Crippen LogP contribution is 2.24. The molecule has 4 nitrogen and oxygen atoms in total. The van der Waals surface area contributed by atoms with Crippen LogP contribution in [0.1, 0.15) is 5.56 Å². The van der Waals surface area contributed by atoms with E-state index in [9.17, 15) is 9.18 Å². The largest absolute Gasteiger partial charge is 0.497 e. The van der Waals surface area contributed by atoms with Gasteiger partial charge in [-0.3, -0.25) is 9.69 Å². The van der Waals surface area contributed by atoms with Crippen molar-refractivity contribution in [3.05, 3.63) is 65.6 Å². The van der Waals surface area contributed by atoms with Crippen molar-refractivity contribution in [2.45, 2.75) is 0 Å². The number of thiocarbonyl (C=S) groups is 1. The second-order valence-corrected chi connectivity index (χ2v) is 5.27. The number of carbonyl (C=O) groups is 1. The van der Waals surface area contributed by atoms with Crippen LogP contribution in [0.3, 0.4) is 0 Å². The molecule has 1 amide bonds. The fourth-order valence-electron chi connectivity index (χ4n) is 2.23. The van der Waals surface area contributed by atoms with Crippen molar-refractivity contribution in [2.24, 2.45) is 0 Å². The lowest BCUT2D eigenvalue weighted by molar-refractivity contribution is -0.113. The number of ether oxygens (including phenoxy) is 1. The Morgan fingerprint density at radius 3 is 2.39 bits per heavy atom. The quantitative estimate of drug-likeness (QED) is 0.694. The second-order valence-electron chi connectivity index (χ2n) is 4.88. The molecule has 1 aliphatic rings. The van der Waals surface area contributed by atoms with Crippen LogP contribution < -0.4 is 15.0 Å². The van der Waals surface area contributed by atoms with E-state index < -0.39 is 0 Å². The minimum Gasteiger partial charge on any atom is -0.497 e. The molecule has 1 N–H and O–H groups in total. The van der Waals surface area contributed by atoms with E-state index in [1.54, 1.807) is 49.6 Å². The maximum absolute atomic E-state index is 12.9. The first-order valence-electron chi connectivity index (χ1n) is 6.85. The molecule has 2 aromatic rings. The zero-order valence-electron chi connectivity index (χ0n) is 12.2. The van der Waals surface area contributed by atoms with Crippen LogP contribution in [0, 0.1) is 5.82 Å². The molecule has 0 unspecified atom stereocenters. The summed E-state index contributed by atoms with van der Waals surface area (Å²) in [6.45, 7) is 0. The summed E-state index contributed by atoms with van der Waals surface area (Å²) in [7, 11) is 1.58. The van der Waals surface area contributed by atoms with Crippen LogP contribution in [0.15, 0.2) is 54.2 Å². The smallest absolute Gasteiger partial charge is 0.281 e. The minimum absolute atomic E-state index is 0.260. The average Bonchev–Trinajstić information content (AvgIpc) is 2.84. The van der Waals surface area contributed by atoms with Crippen molar-refractivity contribution >= 4 is 35.0 Å². The SMILES string of the molecule is COc1ccc(N2C(=O)/C(=C\c3ccc(F)cc3)NC2=S)cc1. The highest BCUT2D eigenvalue weighted by Gasteiger charge is 2.31. The standard InChI is InChI=1S/C17H13FN2O2S/c1-22-14-8-6-13(7-9-14)20-16(21)15(19-17(20)23)10-11-2-4-12(18)5-3-11/h2-10H,1H3,(H,19,23)/b15-10+. The molecule has 23 heavy (non-hydrogen) atoms. The molecule has 1 fully saturated rings. The van der Waals surface area contributed by atoms with Crippen LogP contribution >= 0.6 is 12.2 Å². The topological polar surface area (TPSA) is 41.6 Å². The first kappa shape index (κ1) is 15.2. The van der Waals surface area contributed by atoms with E-state index in [1.165, 1.54) is 17.0 Å². The molecule has 0 aliphatic carbocycles. The molecule has 0 atom stereocenters. The number of nitrogens with one attached hydrogen (secondary N) is 1. The van der Waals surface area contributed by atoms with Crippen molar-refractivity contribution in [3.8, 4) is 5.75 Å². The monoisotopic (exact) mass is 328 g/mol. The van der Waals surface area contributed by atoms with Gasteiger partial charge in [-0.2, -0.15) is 0 Å². The molecular weight excluding hydrogens is 315 g/mol. The third kappa shape index (κ3) is 3.07. The van der Waals surface area contributed by atoms with E-state index >= 15 is 0 Å². The van der Waals surface area contributed by atoms with E-state index in [4.69, 9.17) is 17.0 Å². The number of amides is 1. The maximum Gasteiger partial charge on any atom is 0.281 e. The van der Waals surface area contributed by atoms with Crippen LogP contribution in [0.2, 0.25) is 0 Å². The van der Waals surface area contributed by atoms with Crippen LogP contribution in [-0.4, -0.2) is 18.1 Å². The Morgan fingerprint density at radius 2 is 1.78 bits per heavy atom. The minimum atomic E-state index is -0.326. The summed E-state index contributed by atoms with van der Waals surface area (Å²) in [5.74, 6) is 0.110. The normalized spacial score (nSPS) is 15.9. The predicted octanol–water partition coefficient (Wildman–Crippen LogP) is 3.10. The summed E-state index contributed by atoms with van der Waals surface area (Å²) in [6, 6.07) is 12.9. The Bertz CT molecular complexity index is 785. The lowest BCUT2D eigenvalue weighted by atomic mass is 10.2. The average molecular weight is 328 g/mol. The second kappa shape index (κ2) is 6.18. The third-order valence-electron chi connectivity index (χ3n) is 3.39. The Morgan fingerprint density at radius 1 is 1.13 bits per heavy atom. The van der Waals surface area contributed by atoms with Gasteiger partial charge in [-0.1, -0.05) is 12.1 Å². The van der Waals surface area contributed by atoms with Gasteiger partial charge in [0.05, 0.1) is 12.8 Å². The molecule has 1 aliphatic heterocycles. The fraction of sp³-hybridized carbons (Fsp3) is 0.0588. The zero-order chi connectivity index (χ0) is 16.4. The summed E-state index contributed by atoms with van der Waals surface area (Å²) >= 11 is 5.24. The molecule has 116 valence electrons. The van der Waals surface area contributed by atoms with Crippen LogP contribution in [0.5, 0.6) is 5.75 Å². The van der Waals surface area contributed by atoms with E-state index in [0.29, 0.717) is 27.8 Å². The van der Waals surface area contributed by atoms with Gasteiger partial charge in [0.1, 0.15) is 17.3 Å². The summed E-state index contributed by atoms with van der Waals surface area (Å²) < 4.78 is 18.0. The molecule has 3 rings (SSSR count). The number of carbonyl (C=O) groups excluding carboxylic acids is 1. The predicted molar refractivity (Wildman–Crippen MR) is 90.6 cm³/mol. The van der Waals surface area contributed by atoms with Crippen molar-refractivity contribution in [2.75, 3.05) is 12.0 Å². The summed E-state index contributed by atoms with van der Waals surface area (Å²) in [4.78, 5) is 14.0.